The van der Waals surface area contributed by atoms with Gasteiger partial charge in [0.05, 0.1) is 12.8 Å². The van der Waals surface area contributed by atoms with Gasteiger partial charge < -0.3 is 9.73 Å². The molecule has 0 aliphatic heterocycles. The van der Waals surface area contributed by atoms with Crippen molar-refractivity contribution < 1.29 is 8.81 Å². The van der Waals surface area contributed by atoms with Crippen LogP contribution < -0.4 is 5.32 Å². The molecule has 1 N–H and O–H groups in total. The Hall–Kier alpha value is -1.13. The molecule has 0 unspecified atom stereocenters. The van der Waals surface area contributed by atoms with Crippen molar-refractivity contribution in [3.63, 3.8) is 0 Å². The maximum absolute atomic E-state index is 12.8. The van der Waals surface area contributed by atoms with E-state index in [9.17, 15) is 4.39 Å². The highest BCUT2D eigenvalue weighted by molar-refractivity contribution is 8.93. The lowest BCUT2D eigenvalue weighted by Crippen LogP contribution is -2.12. The second kappa shape index (κ2) is 6.45. The molecule has 0 amide bonds. The van der Waals surface area contributed by atoms with Gasteiger partial charge in [-0.15, -0.1) is 17.0 Å². The average Bonchev–Trinajstić information content (AvgIpc) is 2.71. The summed E-state index contributed by atoms with van der Waals surface area (Å²) in [6.07, 6.45) is 1.64. The van der Waals surface area contributed by atoms with E-state index in [1.54, 1.807) is 12.3 Å². The Kier molecular flexibility index (Phi) is 5.22. The fourth-order valence-electron chi connectivity index (χ4n) is 1.39. The first kappa shape index (κ1) is 12.9. The zero-order chi connectivity index (χ0) is 10.5. The van der Waals surface area contributed by atoms with Crippen LogP contribution in [-0.4, -0.2) is 0 Å². The summed E-state index contributed by atoms with van der Waals surface area (Å²) in [7, 11) is 0. The quantitative estimate of drug-likeness (QED) is 0.933. The highest BCUT2D eigenvalue weighted by Crippen LogP contribution is 2.04. The largest absolute Gasteiger partial charge is 0.468 e. The van der Waals surface area contributed by atoms with Gasteiger partial charge in [-0.1, -0.05) is 12.1 Å². The summed E-state index contributed by atoms with van der Waals surface area (Å²) in [6, 6.07) is 10.3. The van der Waals surface area contributed by atoms with Gasteiger partial charge in [-0.05, 0) is 29.8 Å². The summed E-state index contributed by atoms with van der Waals surface area (Å²) in [5.41, 5.74) is 0.932. The molecular weight excluding hydrogens is 273 g/mol. The number of halogens is 2. The number of hydrogen-bond acceptors (Lipinski definition) is 2. The van der Waals surface area contributed by atoms with Crippen molar-refractivity contribution >= 4 is 17.0 Å². The number of furan rings is 1. The van der Waals surface area contributed by atoms with Crippen LogP contribution in [0.25, 0.3) is 0 Å². The molecule has 0 bridgehead atoms. The van der Waals surface area contributed by atoms with Crippen molar-refractivity contribution in [2.75, 3.05) is 0 Å². The second-order valence-electron chi connectivity index (χ2n) is 3.31. The smallest absolute Gasteiger partial charge is 0.123 e. The molecule has 0 fully saturated rings. The lowest BCUT2D eigenvalue weighted by atomic mass is 10.2. The van der Waals surface area contributed by atoms with Gasteiger partial charge in [0.25, 0.3) is 0 Å². The molecule has 4 heteroatoms. The van der Waals surface area contributed by atoms with Gasteiger partial charge in [0.1, 0.15) is 11.6 Å². The van der Waals surface area contributed by atoms with Gasteiger partial charge in [-0.25, -0.2) is 4.39 Å². The first-order chi connectivity index (χ1) is 7.34. The Bertz CT molecular complexity index is 417. The molecule has 0 spiro atoms. The van der Waals surface area contributed by atoms with Crippen LogP contribution in [0.5, 0.6) is 0 Å². The monoisotopic (exact) mass is 285 g/mol. The van der Waals surface area contributed by atoms with Crippen LogP contribution in [-0.2, 0) is 13.1 Å². The van der Waals surface area contributed by atoms with Gasteiger partial charge >= 0.3 is 0 Å². The van der Waals surface area contributed by atoms with Gasteiger partial charge in [0.2, 0.25) is 0 Å². The molecule has 0 aliphatic rings. The lowest BCUT2D eigenvalue weighted by molar-refractivity contribution is 0.482. The Balaban J connectivity index is 0.00000128. The SMILES string of the molecule is Br.Fc1cccc(CNCc2ccco2)c1. The van der Waals surface area contributed by atoms with Gasteiger partial charge in [-0.3, -0.25) is 0 Å². The van der Waals surface area contributed by atoms with E-state index in [-0.39, 0.29) is 22.8 Å². The van der Waals surface area contributed by atoms with E-state index in [0.29, 0.717) is 13.1 Å². The first-order valence-corrected chi connectivity index (χ1v) is 4.82. The van der Waals surface area contributed by atoms with Gasteiger partial charge in [-0.2, -0.15) is 0 Å². The molecule has 2 nitrogen and oxygen atoms in total. The maximum Gasteiger partial charge on any atom is 0.123 e. The van der Waals surface area contributed by atoms with E-state index in [4.69, 9.17) is 4.42 Å². The van der Waals surface area contributed by atoms with E-state index < -0.39 is 0 Å². The normalized spacial score (nSPS) is 9.81. The van der Waals surface area contributed by atoms with E-state index in [2.05, 4.69) is 5.32 Å². The zero-order valence-electron chi connectivity index (χ0n) is 8.65. The highest BCUT2D eigenvalue weighted by atomic mass is 79.9. The van der Waals surface area contributed by atoms with Gasteiger partial charge in [0, 0.05) is 6.54 Å². The second-order valence-corrected chi connectivity index (χ2v) is 3.31. The van der Waals surface area contributed by atoms with E-state index in [1.165, 1.54) is 12.1 Å². The first-order valence-electron chi connectivity index (χ1n) is 4.82. The molecule has 2 rings (SSSR count). The molecule has 0 saturated heterocycles. The average molecular weight is 286 g/mol. The summed E-state index contributed by atoms with van der Waals surface area (Å²) in [5.74, 6) is 0.679. The molecule has 0 saturated carbocycles. The van der Waals surface area contributed by atoms with Crippen molar-refractivity contribution in [2.24, 2.45) is 0 Å². The zero-order valence-corrected chi connectivity index (χ0v) is 10.4. The minimum atomic E-state index is -0.202. The predicted octanol–water partition coefficient (Wildman–Crippen LogP) is 3.29. The molecular formula is C12H13BrFNO. The number of hydrogen-bond donors (Lipinski definition) is 1. The van der Waals surface area contributed by atoms with Crippen molar-refractivity contribution in [1.29, 1.82) is 0 Å². The molecule has 1 aromatic heterocycles. The van der Waals surface area contributed by atoms with E-state index >= 15 is 0 Å². The molecule has 1 aromatic carbocycles. The summed E-state index contributed by atoms with van der Waals surface area (Å²) in [4.78, 5) is 0. The van der Waals surface area contributed by atoms with Crippen LogP contribution >= 0.6 is 17.0 Å². The Morgan fingerprint density at radius 3 is 2.69 bits per heavy atom. The summed E-state index contributed by atoms with van der Waals surface area (Å²) in [5, 5.41) is 3.17. The van der Waals surface area contributed by atoms with Crippen molar-refractivity contribution in [2.45, 2.75) is 13.1 Å². The third kappa shape index (κ3) is 3.79. The van der Waals surface area contributed by atoms with Crippen molar-refractivity contribution in [1.82, 2.24) is 5.32 Å². The molecule has 86 valence electrons. The predicted molar refractivity (Wildman–Crippen MR) is 66.0 cm³/mol. The number of benzene rings is 1. The molecule has 0 aliphatic carbocycles. The fraction of sp³-hybridized carbons (Fsp3) is 0.167. The summed E-state index contributed by atoms with van der Waals surface area (Å²) in [6.45, 7) is 1.29. The molecule has 16 heavy (non-hydrogen) atoms. The lowest BCUT2D eigenvalue weighted by Gasteiger charge is -2.02. The fourth-order valence-corrected chi connectivity index (χ4v) is 1.39. The van der Waals surface area contributed by atoms with Crippen LogP contribution in [0.15, 0.2) is 47.1 Å². The minimum Gasteiger partial charge on any atom is -0.468 e. The van der Waals surface area contributed by atoms with Crippen LogP contribution in [0, 0.1) is 5.82 Å². The summed E-state index contributed by atoms with van der Waals surface area (Å²) < 4.78 is 18.0. The topological polar surface area (TPSA) is 25.2 Å². The third-order valence-corrected chi connectivity index (χ3v) is 2.10. The molecule has 0 atom stereocenters. The van der Waals surface area contributed by atoms with Gasteiger partial charge in [0.15, 0.2) is 0 Å². The van der Waals surface area contributed by atoms with Crippen LogP contribution in [0.3, 0.4) is 0 Å². The Labute approximate surface area is 104 Å². The third-order valence-electron chi connectivity index (χ3n) is 2.10. The maximum atomic E-state index is 12.8. The van der Waals surface area contributed by atoms with Crippen molar-refractivity contribution in [3.8, 4) is 0 Å². The number of rotatable bonds is 4. The summed E-state index contributed by atoms with van der Waals surface area (Å²) >= 11 is 0. The van der Waals surface area contributed by atoms with Crippen LogP contribution in [0.1, 0.15) is 11.3 Å². The van der Waals surface area contributed by atoms with Crippen LogP contribution in [0.2, 0.25) is 0 Å². The molecule has 0 radical (unpaired) electrons. The molecule has 1 heterocycles. The highest BCUT2D eigenvalue weighted by Gasteiger charge is 1.97. The van der Waals surface area contributed by atoms with E-state index in [1.807, 2.05) is 18.2 Å². The standard InChI is InChI=1S/C12H12FNO.BrH/c13-11-4-1-3-10(7-11)8-14-9-12-5-2-6-15-12;/h1-7,14H,8-9H2;1H. The minimum absolute atomic E-state index is 0. The molecule has 2 aromatic rings. The van der Waals surface area contributed by atoms with Crippen LogP contribution in [0.4, 0.5) is 4.39 Å². The Morgan fingerprint density at radius 2 is 2.00 bits per heavy atom. The van der Waals surface area contributed by atoms with Crippen molar-refractivity contribution in [3.05, 3.63) is 59.8 Å². The Morgan fingerprint density at radius 1 is 1.12 bits per heavy atom. The van der Waals surface area contributed by atoms with E-state index in [0.717, 1.165) is 11.3 Å². The number of nitrogens with one attached hydrogen (secondary N) is 1.